The number of nitrogens with one attached hydrogen (secondary N) is 1. The second kappa shape index (κ2) is 15.5. The number of carbonyl (C=O) groups excluding carboxylic acids is 4. The Morgan fingerprint density at radius 1 is 0.961 bits per heavy atom. The molecule has 4 aliphatic rings. The molecule has 0 radical (unpaired) electrons. The van der Waals surface area contributed by atoms with E-state index in [1.54, 1.807) is 16.9 Å². The van der Waals surface area contributed by atoms with Crippen molar-refractivity contribution >= 4 is 29.5 Å². The SMILES string of the molecule is COc1cc(N2CCN(CCCCOc3ccc(C4CCN(C(=O)OC(C)(C)C)CC4)c(F)c3)CC2)cc2c1C(=O)N(C1CCC(=O)NC1=O)C2. The van der Waals surface area contributed by atoms with E-state index in [0.29, 0.717) is 68.1 Å². The first-order valence-corrected chi connectivity index (χ1v) is 18.1. The fraction of sp³-hybridized carbons (Fsp3) is 0.579. The summed E-state index contributed by atoms with van der Waals surface area (Å²) in [6.07, 6.45) is 3.42. The second-order valence-electron chi connectivity index (χ2n) is 14.9. The van der Waals surface area contributed by atoms with Crippen LogP contribution in [-0.2, 0) is 20.9 Å². The van der Waals surface area contributed by atoms with Crippen molar-refractivity contribution in [3.05, 3.63) is 52.8 Å². The van der Waals surface area contributed by atoms with E-state index in [-0.39, 0.29) is 36.1 Å². The van der Waals surface area contributed by atoms with Gasteiger partial charge in [0.15, 0.2) is 0 Å². The molecule has 0 aromatic heterocycles. The van der Waals surface area contributed by atoms with Crippen LogP contribution in [0.4, 0.5) is 14.9 Å². The molecule has 1 unspecified atom stereocenters. The van der Waals surface area contributed by atoms with Crippen LogP contribution in [-0.4, -0.2) is 110 Å². The van der Waals surface area contributed by atoms with Crippen molar-refractivity contribution in [2.45, 2.75) is 83.4 Å². The number of unbranched alkanes of at least 4 members (excludes halogenated alkanes) is 1. The number of piperidine rings is 2. The summed E-state index contributed by atoms with van der Waals surface area (Å²) in [5.41, 5.74) is 2.44. The van der Waals surface area contributed by atoms with E-state index in [9.17, 15) is 19.2 Å². The number of nitrogens with zero attached hydrogens (tertiary/aromatic N) is 4. The standard InChI is InChI=1S/C38H50FN5O7/c1-38(2,3)51-37(48)43-14-11-25(12-15-43)29-8-7-28(23-30(29)39)50-20-6-5-13-41-16-18-42(19-17-41)27-21-26-24-44(31-9-10-33(45)40-35(31)46)36(47)34(26)32(22-27)49-4/h7-8,21-23,25,31H,5-6,9-20,24H2,1-4H3,(H,40,45,46). The van der Waals surface area contributed by atoms with Gasteiger partial charge in [-0.25, -0.2) is 9.18 Å². The Labute approximate surface area is 299 Å². The molecule has 51 heavy (non-hydrogen) atoms. The van der Waals surface area contributed by atoms with Crippen LogP contribution < -0.4 is 19.7 Å². The zero-order chi connectivity index (χ0) is 36.3. The zero-order valence-electron chi connectivity index (χ0n) is 30.2. The van der Waals surface area contributed by atoms with E-state index >= 15 is 4.39 Å². The normalized spacial score (nSPS) is 20.4. The number of imide groups is 1. The van der Waals surface area contributed by atoms with Crippen molar-refractivity contribution in [2.24, 2.45) is 0 Å². The van der Waals surface area contributed by atoms with E-state index in [1.165, 1.54) is 6.07 Å². The minimum Gasteiger partial charge on any atom is -0.496 e. The summed E-state index contributed by atoms with van der Waals surface area (Å²) in [6.45, 7) is 11.8. The lowest BCUT2D eigenvalue weighted by Crippen LogP contribution is -2.52. The van der Waals surface area contributed by atoms with E-state index < -0.39 is 17.6 Å². The average Bonchev–Trinajstić information content (AvgIpc) is 3.43. The topological polar surface area (TPSA) is 121 Å². The monoisotopic (exact) mass is 707 g/mol. The van der Waals surface area contributed by atoms with Gasteiger partial charge in [-0.3, -0.25) is 24.6 Å². The highest BCUT2D eigenvalue weighted by Gasteiger charge is 2.41. The molecule has 12 nitrogen and oxygen atoms in total. The third kappa shape index (κ3) is 8.57. The number of hydrogen-bond acceptors (Lipinski definition) is 9. The van der Waals surface area contributed by atoms with Crippen molar-refractivity contribution in [3.63, 3.8) is 0 Å². The van der Waals surface area contributed by atoms with Crippen molar-refractivity contribution in [1.82, 2.24) is 20.0 Å². The Hall–Kier alpha value is -4.39. The number of hydrogen-bond donors (Lipinski definition) is 1. The molecule has 0 aliphatic carbocycles. The van der Waals surface area contributed by atoms with Crippen LogP contribution in [0.2, 0.25) is 0 Å². The third-order valence-electron chi connectivity index (χ3n) is 10.2. The minimum absolute atomic E-state index is 0.0579. The molecule has 276 valence electrons. The van der Waals surface area contributed by atoms with Gasteiger partial charge in [0.25, 0.3) is 5.91 Å². The summed E-state index contributed by atoms with van der Waals surface area (Å²) in [6, 6.07) is 8.40. The highest BCUT2D eigenvalue weighted by Crippen LogP contribution is 2.38. The Morgan fingerprint density at radius 3 is 2.37 bits per heavy atom. The van der Waals surface area contributed by atoms with Crippen LogP contribution in [0.25, 0.3) is 0 Å². The fourth-order valence-corrected chi connectivity index (χ4v) is 7.48. The molecule has 6 rings (SSSR count). The van der Waals surface area contributed by atoms with Gasteiger partial charge in [0, 0.05) is 70.1 Å². The highest BCUT2D eigenvalue weighted by molar-refractivity contribution is 6.06. The molecular formula is C38H50FN5O7. The molecule has 2 aromatic carbocycles. The van der Waals surface area contributed by atoms with Crippen molar-refractivity contribution in [2.75, 3.05) is 64.4 Å². The van der Waals surface area contributed by atoms with E-state index in [2.05, 4.69) is 15.1 Å². The summed E-state index contributed by atoms with van der Waals surface area (Å²) in [5.74, 6) is -0.153. The number of rotatable bonds is 10. The number of benzene rings is 2. The summed E-state index contributed by atoms with van der Waals surface area (Å²) in [5, 5.41) is 2.35. The molecule has 1 atom stereocenters. The van der Waals surface area contributed by atoms with Gasteiger partial charge in [0.1, 0.15) is 29.0 Å². The number of ether oxygens (including phenoxy) is 3. The largest absolute Gasteiger partial charge is 0.496 e. The summed E-state index contributed by atoms with van der Waals surface area (Å²) in [7, 11) is 1.55. The van der Waals surface area contributed by atoms with Gasteiger partial charge in [-0.15, -0.1) is 0 Å². The van der Waals surface area contributed by atoms with Crippen LogP contribution in [0, 0.1) is 5.82 Å². The summed E-state index contributed by atoms with van der Waals surface area (Å²) < 4.78 is 32.1. The van der Waals surface area contributed by atoms with Gasteiger partial charge in [-0.05, 0) is 88.6 Å². The van der Waals surface area contributed by atoms with Gasteiger partial charge in [0.05, 0.1) is 19.3 Å². The van der Waals surface area contributed by atoms with E-state index in [0.717, 1.165) is 56.8 Å². The molecule has 0 saturated carbocycles. The molecule has 3 fully saturated rings. The average molecular weight is 708 g/mol. The van der Waals surface area contributed by atoms with Gasteiger partial charge in [0.2, 0.25) is 11.8 Å². The van der Waals surface area contributed by atoms with Crippen LogP contribution in [0.3, 0.4) is 0 Å². The number of methoxy groups -OCH3 is 1. The Balaban J connectivity index is 0.917. The van der Waals surface area contributed by atoms with Crippen LogP contribution in [0.1, 0.15) is 86.7 Å². The van der Waals surface area contributed by atoms with Crippen molar-refractivity contribution in [1.29, 1.82) is 0 Å². The number of halogens is 1. The molecule has 4 aliphatic heterocycles. The molecule has 13 heteroatoms. The molecule has 2 aromatic rings. The van der Waals surface area contributed by atoms with Crippen molar-refractivity contribution in [3.8, 4) is 11.5 Å². The molecule has 4 amide bonds. The lowest BCUT2D eigenvalue weighted by atomic mass is 9.89. The Kier molecular flexibility index (Phi) is 11.0. The quantitative estimate of drug-likeness (QED) is 0.277. The minimum atomic E-state index is -0.667. The zero-order valence-corrected chi connectivity index (χ0v) is 30.2. The number of fused-ring (bicyclic) bond motifs is 1. The van der Waals surface area contributed by atoms with Gasteiger partial charge in [-0.2, -0.15) is 0 Å². The second-order valence-corrected chi connectivity index (χ2v) is 14.9. The molecular weight excluding hydrogens is 657 g/mol. The maximum absolute atomic E-state index is 15.1. The molecule has 0 bridgehead atoms. The molecule has 0 spiro atoms. The van der Waals surface area contributed by atoms with Crippen LogP contribution in [0.15, 0.2) is 30.3 Å². The Bertz CT molecular complexity index is 1630. The predicted octanol–water partition coefficient (Wildman–Crippen LogP) is 4.69. The smallest absolute Gasteiger partial charge is 0.410 e. The number of carbonyl (C=O) groups is 4. The number of likely N-dealkylation sites (tertiary alicyclic amines) is 1. The maximum atomic E-state index is 15.1. The first-order chi connectivity index (χ1) is 24.4. The summed E-state index contributed by atoms with van der Waals surface area (Å²) >= 11 is 0. The predicted molar refractivity (Wildman–Crippen MR) is 189 cm³/mol. The number of piperazine rings is 1. The van der Waals surface area contributed by atoms with Gasteiger partial charge < -0.3 is 28.9 Å². The van der Waals surface area contributed by atoms with Crippen LogP contribution >= 0.6 is 0 Å². The first-order valence-electron chi connectivity index (χ1n) is 18.1. The molecule has 3 saturated heterocycles. The lowest BCUT2D eigenvalue weighted by molar-refractivity contribution is -0.136. The first kappa shape index (κ1) is 36.4. The summed E-state index contributed by atoms with van der Waals surface area (Å²) in [4.78, 5) is 57.8. The number of amides is 4. The highest BCUT2D eigenvalue weighted by atomic mass is 19.1. The van der Waals surface area contributed by atoms with E-state index in [4.69, 9.17) is 14.2 Å². The van der Waals surface area contributed by atoms with E-state index in [1.807, 2.05) is 45.0 Å². The van der Waals surface area contributed by atoms with Crippen molar-refractivity contribution < 1.29 is 37.8 Å². The maximum Gasteiger partial charge on any atom is 0.410 e. The van der Waals surface area contributed by atoms with Gasteiger partial charge in [-0.1, -0.05) is 6.07 Å². The number of anilines is 1. The molecule has 4 heterocycles. The van der Waals surface area contributed by atoms with Crippen LogP contribution in [0.5, 0.6) is 11.5 Å². The van der Waals surface area contributed by atoms with Gasteiger partial charge >= 0.3 is 6.09 Å². The Morgan fingerprint density at radius 2 is 1.71 bits per heavy atom. The fourth-order valence-electron chi connectivity index (χ4n) is 7.48. The lowest BCUT2D eigenvalue weighted by Gasteiger charge is -2.36. The molecule has 1 N–H and O–H groups in total. The third-order valence-corrected chi connectivity index (χ3v) is 10.2.